The van der Waals surface area contributed by atoms with Crippen LogP contribution in [0.5, 0.6) is 0 Å². The van der Waals surface area contributed by atoms with E-state index >= 15 is 0 Å². The zero-order valence-electron chi connectivity index (χ0n) is 18.2. The standard InChI is InChI=1S/C21H22F4N4O4S/c1-20(2,29-17(31)12-4-3-9-33-26-10-12)18(32)28-19-27-16(21(23,24)25)15(34-19)14(30)11-5-7-13(22)8-6-11/h5-8,12,26H,3-4,9-10H2,1-2H3,(H,29,31)(H,27,28,32). The summed E-state index contributed by atoms with van der Waals surface area (Å²) in [6.45, 7) is 3.48. The molecule has 1 unspecified atom stereocenters. The van der Waals surface area contributed by atoms with E-state index in [1.165, 1.54) is 13.8 Å². The number of anilines is 1. The SMILES string of the molecule is CC(C)(NC(=O)C1CCCONC1)C(=O)Nc1nc(C(F)(F)F)c(C(=O)c2ccc(F)cc2)s1. The number of carbonyl (C=O) groups excluding carboxylic acids is 3. The fraction of sp³-hybridized carbons (Fsp3) is 0.429. The van der Waals surface area contributed by atoms with E-state index in [0.717, 1.165) is 24.3 Å². The van der Waals surface area contributed by atoms with Crippen LogP contribution >= 0.6 is 11.3 Å². The van der Waals surface area contributed by atoms with Crippen molar-refractivity contribution in [3.63, 3.8) is 0 Å². The van der Waals surface area contributed by atoms with Crippen LogP contribution in [0.4, 0.5) is 22.7 Å². The summed E-state index contributed by atoms with van der Waals surface area (Å²) in [5.74, 6) is -3.35. The van der Waals surface area contributed by atoms with Gasteiger partial charge < -0.3 is 10.2 Å². The molecule has 1 saturated heterocycles. The third-order valence-corrected chi connectivity index (χ3v) is 6.00. The molecular weight excluding hydrogens is 480 g/mol. The Morgan fingerprint density at radius 1 is 1.18 bits per heavy atom. The lowest BCUT2D eigenvalue weighted by atomic mass is 9.99. The molecule has 1 aromatic heterocycles. The highest BCUT2D eigenvalue weighted by Crippen LogP contribution is 2.37. The van der Waals surface area contributed by atoms with Crippen molar-refractivity contribution in [3.8, 4) is 0 Å². The van der Waals surface area contributed by atoms with E-state index in [4.69, 9.17) is 4.84 Å². The predicted octanol–water partition coefficient (Wildman–Crippen LogP) is 3.30. The summed E-state index contributed by atoms with van der Waals surface area (Å²) in [5, 5.41) is 4.37. The van der Waals surface area contributed by atoms with E-state index in [0.29, 0.717) is 30.8 Å². The summed E-state index contributed by atoms with van der Waals surface area (Å²) >= 11 is 0.342. The molecule has 1 aliphatic heterocycles. The van der Waals surface area contributed by atoms with Crippen LogP contribution in [0.1, 0.15) is 47.6 Å². The lowest BCUT2D eigenvalue weighted by molar-refractivity contribution is -0.141. The second-order valence-electron chi connectivity index (χ2n) is 8.13. The van der Waals surface area contributed by atoms with Gasteiger partial charge >= 0.3 is 6.18 Å². The molecule has 8 nitrogen and oxygen atoms in total. The van der Waals surface area contributed by atoms with Gasteiger partial charge in [-0.2, -0.15) is 13.2 Å². The lowest BCUT2D eigenvalue weighted by Gasteiger charge is -2.26. The molecule has 0 aliphatic carbocycles. The Hall–Kier alpha value is -2.90. The molecule has 1 aliphatic rings. The van der Waals surface area contributed by atoms with Gasteiger partial charge in [0, 0.05) is 12.1 Å². The molecule has 0 radical (unpaired) electrons. The number of amides is 2. The number of thiazole rings is 1. The van der Waals surface area contributed by atoms with Gasteiger partial charge in [-0.1, -0.05) is 11.3 Å². The van der Waals surface area contributed by atoms with E-state index in [1.54, 1.807) is 0 Å². The third kappa shape index (κ3) is 6.15. The Bertz CT molecular complexity index is 1060. The van der Waals surface area contributed by atoms with Crippen LogP contribution in [0.3, 0.4) is 0 Å². The van der Waals surface area contributed by atoms with Crippen LogP contribution in [-0.4, -0.2) is 41.3 Å². The maximum atomic E-state index is 13.5. The summed E-state index contributed by atoms with van der Waals surface area (Å²) in [7, 11) is 0. The predicted molar refractivity (Wildman–Crippen MR) is 114 cm³/mol. The zero-order chi connectivity index (χ0) is 25.1. The van der Waals surface area contributed by atoms with Crippen molar-refractivity contribution in [2.45, 2.75) is 38.4 Å². The molecule has 0 bridgehead atoms. The van der Waals surface area contributed by atoms with Crippen LogP contribution in [0, 0.1) is 11.7 Å². The number of ketones is 1. The molecule has 2 heterocycles. The Kier molecular flexibility index (Phi) is 7.68. The van der Waals surface area contributed by atoms with E-state index in [2.05, 4.69) is 21.1 Å². The van der Waals surface area contributed by atoms with Gasteiger partial charge in [0.05, 0.1) is 12.5 Å². The molecule has 1 aromatic carbocycles. The number of nitrogens with zero attached hydrogens (tertiary/aromatic N) is 1. The first kappa shape index (κ1) is 25.7. The number of carbonyl (C=O) groups is 3. The lowest BCUT2D eigenvalue weighted by Crippen LogP contribution is -2.54. The number of halogens is 4. The van der Waals surface area contributed by atoms with Gasteiger partial charge in [-0.25, -0.2) is 14.9 Å². The van der Waals surface area contributed by atoms with Crippen LogP contribution < -0.4 is 16.1 Å². The molecule has 0 spiro atoms. The quantitative estimate of drug-likeness (QED) is 0.413. The van der Waals surface area contributed by atoms with Gasteiger partial charge in [0.2, 0.25) is 11.7 Å². The van der Waals surface area contributed by atoms with Crippen molar-refractivity contribution in [3.05, 3.63) is 46.2 Å². The minimum absolute atomic E-state index is 0.165. The third-order valence-electron chi connectivity index (χ3n) is 5.03. The Morgan fingerprint density at radius 3 is 2.50 bits per heavy atom. The number of benzene rings is 1. The molecular formula is C21H22F4N4O4S. The van der Waals surface area contributed by atoms with Crippen molar-refractivity contribution in [2.24, 2.45) is 5.92 Å². The number of nitrogens with one attached hydrogen (secondary N) is 3. The highest BCUT2D eigenvalue weighted by atomic mass is 32.1. The van der Waals surface area contributed by atoms with Crippen molar-refractivity contribution >= 4 is 34.1 Å². The molecule has 2 amide bonds. The van der Waals surface area contributed by atoms with Crippen LogP contribution in [0.25, 0.3) is 0 Å². The van der Waals surface area contributed by atoms with Gasteiger partial charge in [-0.05, 0) is 51.0 Å². The first-order valence-electron chi connectivity index (χ1n) is 10.2. The average Bonchev–Trinajstić information content (AvgIpc) is 2.99. The van der Waals surface area contributed by atoms with Crippen molar-refractivity contribution in [1.82, 2.24) is 15.8 Å². The Morgan fingerprint density at radius 2 is 1.85 bits per heavy atom. The van der Waals surface area contributed by atoms with E-state index in [-0.39, 0.29) is 12.1 Å². The maximum Gasteiger partial charge on any atom is 0.435 e. The fourth-order valence-corrected chi connectivity index (χ4v) is 4.07. The fourth-order valence-electron chi connectivity index (χ4n) is 3.13. The smallest absolute Gasteiger partial charge is 0.342 e. The van der Waals surface area contributed by atoms with Gasteiger partial charge in [0.1, 0.15) is 16.2 Å². The number of aromatic nitrogens is 1. The molecule has 0 saturated carbocycles. The van der Waals surface area contributed by atoms with Crippen LogP contribution in [0.2, 0.25) is 0 Å². The largest absolute Gasteiger partial charge is 0.435 e. The number of hydrogen-bond donors (Lipinski definition) is 3. The van der Waals surface area contributed by atoms with Gasteiger partial charge in [0.25, 0.3) is 5.91 Å². The topological polar surface area (TPSA) is 109 Å². The van der Waals surface area contributed by atoms with Gasteiger partial charge in [0.15, 0.2) is 10.8 Å². The Balaban J connectivity index is 1.78. The first-order valence-corrected chi connectivity index (χ1v) is 11.1. The van der Waals surface area contributed by atoms with Crippen LogP contribution in [-0.2, 0) is 20.6 Å². The minimum Gasteiger partial charge on any atom is -0.342 e. The normalized spacial score (nSPS) is 17.1. The molecule has 3 rings (SSSR count). The summed E-state index contributed by atoms with van der Waals surface area (Å²) in [6.07, 6.45) is -3.79. The number of rotatable bonds is 6. The molecule has 1 atom stereocenters. The summed E-state index contributed by atoms with van der Waals surface area (Å²) in [5.41, 5.74) is -0.466. The van der Waals surface area contributed by atoms with Crippen molar-refractivity contribution in [2.75, 3.05) is 18.5 Å². The highest BCUT2D eigenvalue weighted by Gasteiger charge is 2.41. The molecule has 13 heteroatoms. The molecule has 2 aromatic rings. The van der Waals surface area contributed by atoms with Crippen molar-refractivity contribution in [1.29, 1.82) is 0 Å². The summed E-state index contributed by atoms with van der Waals surface area (Å²) in [4.78, 5) is 45.7. The van der Waals surface area contributed by atoms with E-state index < -0.39 is 56.8 Å². The zero-order valence-corrected chi connectivity index (χ0v) is 19.0. The summed E-state index contributed by atoms with van der Waals surface area (Å²) < 4.78 is 53.7. The maximum absolute atomic E-state index is 13.5. The monoisotopic (exact) mass is 502 g/mol. The van der Waals surface area contributed by atoms with Crippen molar-refractivity contribution < 1.29 is 36.8 Å². The molecule has 184 valence electrons. The second kappa shape index (κ2) is 10.2. The number of hydroxylamine groups is 1. The Labute approximate surface area is 196 Å². The van der Waals surface area contributed by atoms with Crippen LogP contribution in [0.15, 0.2) is 24.3 Å². The van der Waals surface area contributed by atoms with Gasteiger partial charge in [-0.3, -0.25) is 19.7 Å². The first-order chi connectivity index (χ1) is 15.9. The second-order valence-corrected chi connectivity index (χ2v) is 9.13. The number of alkyl halides is 3. The highest BCUT2D eigenvalue weighted by molar-refractivity contribution is 7.18. The minimum atomic E-state index is -4.97. The average molecular weight is 502 g/mol. The number of hydrogen-bond acceptors (Lipinski definition) is 7. The molecule has 1 fully saturated rings. The molecule has 34 heavy (non-hydrogen) atoms. The molecule has 3 N–H and O–H groups in total. The van der Waals surface area contributed by atoms with E-state index in [1.807, 2.05) is 0 Å². The summed E-state index contributed by atoms with van der Waals surface area (Å²) in [6, 6.07) is 4.01. The van der Waals surface area contributed by atoms with Gasteiger partial charge in [-0.15, -0.1) is 0 Å². The van der Waals surface area contributed by atoms with E-state index in [9.17, 15) is 31.9 Å².